The summed E-state index contributed by atoms with van der Waals surface area (Å²) >= 11 is 1.38. The number of benzene rings is 1. The van der Waals surface area contributed by atoms with Crippen LogP contribution in [0.15, 0.2) is 78.9 Å². The fourth-order valence-corrected chi connectivity index (χ4v) is 4.34. The number of hydrogen-bond donors (Lipinski definition) is 1. The van der Waals surface area contributed by atoms with Gasteiger partial charge in [0, 0.05) is 0 Å². The Balaban J connectivity index is 1.76. The average molecular weight is 404 g/mol. The minimum absolute atomic E-state index is 0.000810. The average Bonchev–Trinajstić information content (AvgIpc) is 3.40. The largest absolute Gasteiger partial charge is 0.467 e. The van der Waals surface area contributed by atoms with Gasteiger partial charge in [0.2, 0.25) is 26.6 Å². The summed E-state index contributed by atoms with van der Waals surface area (Å²) in [4.78, 5) is 4.81. The number of nitrogens with one attached hydrogen (secondary N) is 1. The second-order valence-electron chi connectivity index (χ2n) is 5.52. The third kappa shape index (κ3) is 3.51. The SMILES string of the molecule is O=S(=O)(c1ccc(F)cc1)c1nc(-c2cccs2)oc1NCc1ccco1. The lowest BCUT2D eigenvalue weighted by Crippen LogP contribution is -2.07. The van der Waals surface area contributed by atoms with Crippen molar-refractivity contribution in [1.29, 1.82) is 0 Å². The third-order valence-electron chi connectivity index (χ3n) is 3.71. The van der Waals surface area contributed by atoms with Gasteiger partial charge in [-0.25, -0.2) is 12.8 Å². The van der Waals surface area contributed by atoms with Gasteiger partial charge in [0.25, 0.3) is 0 Å². The smallest absolute Gasteiger partial charge is 0.240 e. The molecule has 0 saturated heterocycles. The number of hydrogen-bond acceptors (Lipinski definition) is 7. The molecule has 0 amide bonds. The summed E-state index contributed by atoms with van der Waals surface area (Å²) in [7, 11) is -4.01. The van der Waals surface area contributed by atoms with Crippen LogP contribution >= 0.6 is 11.3 Å². The first-order valence-electron chi connectivity index (χ1n) is 7.85. The molecule has 0 radical (unpaired) electrons. The Hall–Kier alpha value is -2.91. The predicted octanol–water partition coefficient (Wildman–Crippen LogP) is 4.58. The monoisotopic (exact) mass is 404 g/mol. The van der Waals surface area contributed by atoms with Crippen molar-refractivity contribution in [2.24, 2.45) is 0 Å². The van der Waals surface area contributed by atoms with Gasteiger partial charge in [-0.15, -0.1) is 11.3 Å². The molecule has 0 aliphatic rings. The molecule has 1 N–H and O–H groups in total. The molecule has 6 nitrogen and oxygen atoms in total. The number of rotatable bonds is 6. The maximum Gasteiger partial charge on any atom is 0.240 e. The van der Waals surface area contributed by atoms with Crippen LogP contribution in [0.2, 0.25) is 0 Å². The van der Waals surface area contributed by atoms with E-state index in [1.807, 2.05) is 11.4 Å². The Bertz CT molecular complexity index is 1130. The van der Waals surface area contributed by atoms with E-state index in [1.54, 1.807) is 18.2 Å². The van der Waals surface area contributed by atoms with Crippen molar-refractivity contribution >= 4 is 27.1 Å². The number of sulfone groups is 1. The van der Waals surface area contributed by atoms with Gasteiger partial charge in [0.15, 0.2) is 0 Å². The van der Waals surface area contributed by atoms with Gasteiger partial charge in [-0.3, -0.25) is 0 Å². The summed E-state index contributed by atoms with van der Waals surface area (Å²) in [6.45, 7) is 0.220. The Morgan fingerprint density at radius 1 is 1.11 bits per heavy atom. The summed E-state index contributed by atoms with van der Waals surface area (Å²) in [5.41, 5.74) is 0. The molecule has 0 fully saturated rings. The van der Waals surface area contributed by atoms with E-state index in [0.29, 0.717) is 10.6 Å². The molecule has 4 aromatic rings. The van der Waals surface area contributed by atoms with Crippen LogP contribution in [0.3, 0.4) is 0 Å². The van der Waals surface area contributed by atoms with Crippen LogP contribution in [-0.4, -0.2) is 13.4 Å². The Labute approximate surface area is 158 Å². The molecule has 0 bridgehead atoms. The third-order valence-corrected chi connectivity index (χ3v) is 6.25. The fourth-order valence-electron chi connectivity index (χ4n) is 2.41. The molecular weight excluding hydrogens is 391 g/mol. The highest BCUT2D eigenvalue weighted by Crippen LogP contribution is 2.34. The van der Waals surface area contributed by atoms with E-state index in [2.05, 4.69) is 10.3 Å². The molecule has 0 atom stereocenters. The zero-order valence-corrected chi connectivity index (χ0v) is 15.4. The molecule has 1 aromatic carbocycles. The van der Waals surface area contributed by atoms with Crippen LogP contribution in [0.4, 0.5) is 10.3 Å². The van der Waals surface area contributed by atoms with Gasteiger partial charge in [0.05, 0.1) is 22.6 Å². The quantitative estimate of drug-likeness (QED) is 0.474. The summed E-state index contributed by atoms with van der Waals surface area (Å²) in [6.07, 6.45) is 1.52. The molecule has 138 valence electrons. The fraction of sp³-hybridized carbons (Fsp3) is 0.0556. The molecule has 0 aliphatic carbocycles. The molecule has 0 aliphatic heterocycles. The predicted molar refractivity (Wildman–Crippen MR) is 97.7 cm³/mol. The number of thiophene rings is 1. The van der Waals surface area contributed by atoms with E-state index in [9.17, 15) is 12.8 Å². The molecule has 9 heteroatoms. The van der Waals surface area contributed by atoms with E-state index in [0.717, 1.165) is 12.1 Å². The number of oxazole rings is 1. The number of halogens is 1. The van der Waals surface area contributed by atoms with Gasteiger partial charge >= 0.3 is 0 Å². The number of anilines is 1. The lowest BCUT2D eigenvalue weighted by atomic mass is 10.4. The first kappa shape index (κ1) is 17.5. The number of aromatic nitrogens is 1. The normalized spacial score (nSPS) is 11.6. The first-order valence-corrected chi connectivity index (χ1v) is 10.2. The molecular formula is C18H13FN2O4S2. The molecule has 27 heavy (non-hydrogen) atoms. The molecule has 3 aromatic heterocycles. The lowest BCUT2D eigenvalue weighted by Gasteiger charge is -2.05. The zero-order valence-electron chi connectivity index (χ0n) is 13.8. The van der Waals surface area contributed by atoms with Crippen molar-refractivity contribution in [2.45, 2.75) is 16.5 Å². The maximum absolute atomic E-state index is 13.2. The number of nitrogens with zero attached hydrogens (tertiary/aromatic N) is 1. The summed E-state index contributed by atoms with van der Waals surface area (Å²) < 4.78 is 50.1. The van der Waals surface area contributed by atoms with Gasteiger partial charge in [-0.2, -0.15) is 4.98 Å². The van der Waals surface area contributed by atoms with Crippen LogP contribution in [0, 0.1) is 5.82 Å². The van der Waals surface area contributed by atoms with E-state index in [4.69, 9.17) is 8.83 Å². The molecule has 0 spiro atoms. The van der Waals surface area contributed by atoms with Crippen LogP contribution in [0.5, 0.6) is 0 Å². The Morgan fingerprint density at radius 2 is 1.93 bits per heavy atom. The van der Waals surface area contributed by atoms with Crippen LogP contribution < -0.4 is 5.32 Å². The van der Waals surface area contributed by atoms with E-state index >= 15 is 0 Å². The van der Waals surface area contributed by atoms with Crippen molar-refractivity contribution in [3.8, 4) is 10.8 Å². The van der Waals surface area contributed by atoms with E-state index in [1.165, 1.54) is 29.7 Å². The molecule has 4 rings (SSSR count). The van der Waals surface area contributed by atoms with Crippen LogP contribution in [0.25, 0.3) is 10.8 Å². The highest BCUT2D eigenvalue weighted by molar-refractivity contribution is 7.91. The van der Waals surface area contributed by atoms with Crippen molar-refractivity contribution < 1.29 is 21.6 Å². The van der Waals surface area contributed by atoms with E-state index in [-0.39, 0.29) is 28.2 Å². The van der Waals surface area contributed by atoms with Crippen molar-refractivity contribution in [2.75, 3.05) is 5.32 Å². The van der Waals surface area contributed by atoms with Crippen LogP contribution in [0.1, 0.15) is 5.76 Å². The van der Waals surface area contributed by atoms with Gasteiger partial charge in [-0.05, 0) is 47.8 Å². The standard InChI is InChI=1S/C18H13FN2O4S2/c19-12-5-7-14(8-6-12)27(22,23)18-17(20-11-13-3-1-9-24-13)25-16(21-18)15-4-2-10-26-15/h1-10,20H,11H2. The van der Waals surface area contributed by atoms with Gasteiger partial charge < -0.3 is 14.2 Å². The zero-order chi connectivity index (χ0) is 18.9. The van der Waals surface area contributed by atoms with Gasteiger partial charge in [-0.1, -0.05) is 6.07 Å². The Kier molecular flexibility index (Phi) is 4.54. The summed E-state index contributed by atoms with van der Waals surface area (Å²) in [5, 5.41) is 4.49. The minimum atomic E-state index is -4.01. The van der Waals surface area contributed by atoms with Crippen LogP contribution in [-0.2, 0) is 16.4 Å². The summed E-state index contributed by atoms with van der Waals surface area (Å²) in [5.74, 6) is 0.269. The first-order chi connectivity index (χ1) is 13.0. The van der Waals surface area contributed by atoms with Crippen molar-refractivity contribution in [3.63, 3.8) is 0 Å². The minimum Gasteiger partial charge on any atom is -0.467 e. The highest BCUT2D eigenvalue weighted by atomic mass is 32.2. The second-order valence-corrected chi connectivity index (χ2v) is 8.33. The molecule has 0 unspecified atom stereocenters. The summed E-state index contributed by atoms with van der Waals surface area (Å²) in [6, 6.07) is 11.6. The van der Waals surface area contributed by atoms with E-state index < -0.39 is 15.7 Å². The van der Waals surface area contributed by atoms with Crippen molar-refractivity contribution in [3.05, 3.63) is 71.8 Å². The molecule has 3 heterocycles. The topological polar surface area (TPSA) is 85.3 Å². The Morgan fingerprint density at radius 3 is 2.59 bits per heavy atom. The number of furan rings is 1. The highest BCUT2D eigenvalue weighted by Gasteiger charge is 2.29. The molecule has 0 saturated carbocycles. The second kappa shape index (κ2) is 7.01. The lowest BCUT2D eigenvalue weighted by molar-refractivity contribution is 0.511. The maximum atomic E-state index is 13.2. The van der Waals surface area contributed by atoms with Crippen molar-refractivity contribution in [1.82, 2.24) is 4.98 Å². The van der Waals surface area contributed by atoms with Gasteiger partial charge in [0.1, 0.15) is 11.6 Å².